The SMILES string of the molecule is C=C1C2CCCN1C(C(Cl)(Cl)Cl)OC2=O. The second kappa shape index (κ2) is 3.72. The van der Waals surface area contributed by atoms with E-state index < -0.39 is 10.0 Å². The van der Waals surface area contributed by atoms with Crippen molar-refractivity contribution in [2.24, 2.45) is 5.92 Å². The number of rotatable bonds is 0. The minimum atomic E-state index is -1.64. The summed E-state index contributed by atoms with van der Waals surface area (Å²) in [6.45, 7) is 4.57. The Kier molecular flexibility index (Phi) is 2.82. The monoisotopic (exact) mass is 269 g/mol. The fourth-order valence-electron chi connectivity index (χ4n) is 2.00. The van der Waals surface area contributed by atoms with Crippen LogP contribution in [0, 0.1) is 5.92 Å². The molecule has 2 saturated heterocycles. The predicted octanol–water partition coefficient (Wildman–Crippen LogP) is 2.47. The number of alkyl halides is 3. The molecule has 2 bridgehead atoms. The predicted molar refractivity (Wildman–Crippen MR) is 58.7 cm³/mol. The van der Waals surface area contributed by atoms with Gasteiger partial charge in [0, 0.05) is 12.2 Å². The molecule has 2 unspecified atom stereocenters. The number of halogens is 3. The van der Waals surface area contributed by atoms with E-state index in [2.05, 4.69) is 6.58 Å². The number of carbonyl (C=O) groups is 1. The van der Waals surface area contributed by atoms with Gasteiger partial charge in [-0.3, -0.25) is 4.79 Å². The first kappa shape index (κ1) is 11.4. The Labute approximate surface area is 103 Å². The maximum atomic E-state index is 11.6. The molecule has 0 amide bonds. The Balaban J connectivity index is 2.29. The topological polar surface area (TPSA) is 29.5 Å². The molecule has 0 spiro atoms. The van der Waals surface area contributed by atoms with Crippen LogP contribution in [-0.2, 0) is 9.53 Å². The van der Waals surface area contributed by atoms with Crippen molar-refractivity contribution in [2.75, 3.05) is 6.54 Å². The van der Waals surface area contributed by atoms with Gasteiger partial charge in [0.2, 0.25) is 10.0 Å². The molecule has 0 saturated carbocycles. The Morgan fingerprint density at radius 2 is 2.13 bits per heavy atom. The van der Waals surface area contributed by atoms with Gasteiger partial charge in [-0.2, -0.15) is 0 Å². The van der Waals surface area contributed by atoms with E-state index in [-0.39, 0.29) is 11.9 Å². The van der Waals surface area contributed by atoms with Gasteiger partial charge in [-0.1, -0.05) is 41.4 Å². The molecular formula is C9H10Cl3NO2. The van der Waals surface area contributed by atoms with Gasteiger partial charge in [-0.15, -0.1) is 0 Å². The molecule has 2 fully saturated rings. The average molecular weight is 271 g/mol. The zero-order valence-corrected chi connectivity index (χ0v) is 10.1. The molecule has 0 N–H and O–H groups in total. The van der Waals surface area contributed by atoms with Crippen molar-refractivity contribution in [3.8, 4) is 0 Å². The second-order valence-corrected chi connectivity index (χ2v) is 6.08. The summed E-state index contributed by atoms with van der Waals surface area (Å²) in [6.07, 6.45) is 0.801. The molecule has 2 rings (SSSR count). The van der Waals surface area contributed by atoms with Gasteiger partial charge in [0.25, 0.3) is 0 Å². The lowest BCUT2D eigenvalue weighted by atomic mass is 9.93. The summed E-state index contributed by atoms with van der Waals surface area (Å²) in [5, 5.41) is 0. The highest BCUT2D eigenvalue weighted by Gasteiger charge is 2.49. The molecule has 84 valence electrons. The summed E-state index contributed by atoms with van der Waals surface area (Å²) >= 11 is 17.3. The number of piperidine rings is 1. The van der Waals surface area contributed by atoms with Gasteiger partial charge in [0.1, 0.15) is 0 Å². The van der Waals surface area contributed by atoms with Crippen LogP contribution in [0.1, 0.15) is 12.8 Å². The van der Waals surface area contributed by atoms with Crippen LogP contribution < -0.4 is 0 Å². The zero-order chi connectivity index (χ0) is 11.2. The molecule has 0 aliphatic carbocycles. The molecule has 2 aliphatic rings. The molecule has 0 radical (unpaired) electrons. The number of ether oxygens (including phenoxy) is 1. The Morgan fingerprint density at radius 1 is 1.47 bits per heavy atom. The van der Waals surface area contributed by atoms with E-state index in [1.165, 1.54) is 0 Å². The fourth-order valence-corrected chi connectivity index (χ4v) is 2.48. The van der Waals surface area contributed by atoms with Gasteiger partial charge in [0.05, 0.1) is 5.92 Å². The van der Waals surface area contributed by atoms with E-state index in [0.29, 0.717) is 12.2 Å². The fraction of sp³-hybridized carbons (Fsp3) is 0.667. The number of esters is 1. The molecule has 2 heterocycles. The van der Waals surface area contributed by atoms with Gasteiger partial charge in [0.15, 0.2) is 0 Å². The van der Waals surface area contributed by atoms with Crippen molar-refractivity contribution >= 4 is 40.8 Å². The summed E-state index contributed by atoms with van der Waals surface area (Å²) in [4.78, 5) is 13.4. The van der Waals surface area contributed by atoms with Gasteiger partial charge in [-0.25, -0.2) is 0 Å². The smallest absolute Gasteiger partial charge is 0.316 e. The molecule has 6 heteroatoms. The largest absolute Gasteiger partial charge is 0.436 e. The quantitative estimate of drug-likeness (QED) is 0.500. The molecule has 2 atom stereocenters. The Morgan fingerprint density at radius 3 is 2.73 bits per heavy atom. The summed E-state index contributed by atoms with van der Waals surface area (Å²) in [5.74, 6) is -0.602. The van der Waals surface area contributed by atoms with Gasteiger partial charge >= 0.3 is 5.97 Å². The minimum absolute atomic E-state index is 0.262. The highest BCUT2D eigenvalue weighted by molar-refractivity contribution is 6.68. The van der Waals surface area contributed by atoms with Gasteiger partial charge < -0.3 is 9.64 Å². The average Bonchev–Trinajstić information content (AvgIpc) is 2.09. The third-order valence-electron chi connectivity index (χ3n) is 2.74. The maximum absolute atomic E-state index is 11.6. The Bertz CT molecular complexity index is 313. The van der Waals surface area contributed by atoms with Crippen molar-refractivity contribution in [1.29, 1.82) is 0 Å². The second-order valence-electron chi connectivity index (χ2n) is 3.71. The summed E-state index contributed by atoms with van der Waals surface area (Å²) in [7, 11) is 0. The van der Waals surface area contributed by atoms with Crippen LogP contribution in [0.4, 0.5) is 0 Å². The van der Waals surface area contributed by atoms with E-state index >= 15 is 0 Å². The molecule has 2 aliphatic heterocycles. The number of fused-ring (bicyclic) bond motifs is 2. The summed E-state index contributed by atoms with van der Waals surface area (Å²) < 4.78 is 3.48. The minimum Gasteiger partial charge on any atom is -0.436 e. The van der Waals surface area contributed by atoms with Crippen LogP contribution in [0.25, 0.3) is 0 Å². The standard InChI is InChI=1S/C9H10Cl3NO2/c1-5-6-3-2-4-13(5)8(9(10,11)12)15-7(6)14/h6,8H,1-4H2. The lowest BCUT2D eigenvalue weighted by Crippen LogP contribution is -2.55. The first-order valence-corrected chi connectivity index (χ1v) is 5.77. The van der Waals surface area contributed by atoms with Crippen LogP contribution in [0.5, 0.6) is 0 Å². The van der Waals surface area contributed by atoms with Crippen molar-refractivity contribution in [2.45, 2.75) is 22.9 Å². The highest BCUT2D eigenvalue weighted by atomic mass is 35.6. The number of nitrogens with zero attached hydrogens (tertiary/aromatic N) is 1. The number of hydrogen-bond donors (Lipinski definition) is 0. The highest BCUT2D eigenvalue weighted by Crippen LogP contribution is 2.42. The van der Waals surface area contributed by atoms with E-state index in [1.807, 2.05) is 0 Å². The summed E-state index contributed by atoms with van der Waals surface area (Å²) in [6, 6.07) is 0. The third-order valence-corrected chi connectivity index (χ3v) is 3.30. The zero-order valence-electron chi connectivity index (χ0n) is 7.88. The van der Waals surface area contributed by atoms with E-state index in [1.54, 1.807) is 4.90 Å². The molecule has 3 nitrogen and oxygen atoms in total. The number of carbonyl (C=O) groups excluding carboxylic acids is 1. The number of hydrogen-bond acceptors (Lipinski definition) is 3. The lowest BCUT2D eigenvalue weighted by Gasteiger charge is -2.46. The first-order chi connectivity index (χ1) is 6.91. The van der Waals surface area contributed by atoms with Crippen molar-refractivity contribution in [3.05, 3.63) is 12.3 Å². The third kappa shape index (κ3) is 1.93. The molecule has 0 aromatic heterocycles. The summed E-state index contributed by atoms with van der Waals surface area (Å²) in [5.41, 5.74) is 0.703. The maximum Gasteiger partial charge on any atom is 0.316 e. The molecule has 15 heavy (non-hydrogen) atoms. The lowest BCUT2D eigenvalue weighted by molar-refractivity contribution is -0.174. The van der Waals surface area contributed by atoms with Gasteiger partial charge in [-0.05, 0) is 12.8 Å². The van der Waals surface area contributed by atoms with Crippen LogP contribution in [-0.4, -0.2) is 27.4 Å². The van der Waals surface area contributed by atoms with Crippen LogP contribution in [0.2, 0.25) is 0 Å². The van der Waals surface area contributed by atoms with Crippen molar-refractivity contribution < 1.29 is 9.53 Å². The van der Waals surface area contributed by atoms with Crippen molar-refractivity contribution in [1.82, 2.24) is 4.90 Å². The molecular weight excluding hydrogens is 260 g/mol. The molecule has 0 aromatic rings. The van der Waals surface area contributed by atoms with Crippen LogP contribution in [0.15, 0.2) is 12.3 Å². The van der Waals surface area contributed by atoms with E-state index in [9.17, 15) is 4.79 Å². The normalized spacial score (nSPS) is 31.5. The molecule has 0 aromatic carbocycles. The van der Waals surface area contributed by atoms with Crippen LogP contribution in [0.3, 0.4) is 0 Å². The van der Waals surface area contributed by atoms with Crippen LogP contribution >= 0.6 is 34.8 Å². The van der Waals surface area contributed by atoms with E-state index in [4.69, 9.17) is 39.5 Å². The first-order valence-electron chi connectivity index (χ1n) is 4.64. The van der Waals surface area contributed by atoms with Crippen molar-refractivity contribution in [3.63, 3.8) is 0 Å². The van der Waals surface area contributed by atoms with E-state index in [0.717, 1.165) is 12.8 Å². The Hall–Kier alpha value is -0.120. The number of cyclic esters (lactones) is 1.